The molecule has 2 aromatic heterocycles. The van der Waals surface area contributed by atoms with Gasteiger partial charge in [-0.3, -0.25) is 9.48 Å². The fraction of sp³-hybridized carbons (Fsp3) is 0.160. The molecule has 0 unspecified atom stereocenters. The molecule has 1 N–H and O–H groups in total. The van der Waals surface area contributed by atoms with Gasteiger partial charge in [0.1, 0.15) is 11.3 Å². The Kier molecular flexibility index (Phi) is 6.97. The first-order valence-corrected chi connectivity index (χ1v) is 11.4. The van der Waals surface area contributed by atoms with Crippen molar-refractivity contribution in [2.45, 2.75) is 26.2 Å². The molecule has 0 aliphatic rings. The zero-order chi connectivity index (χ0) is 26.2. The molecule has 0 amide bonds. The van der Waals surface area contributed by atoms with Crippen molar-refractivity contribution >= 4 is 29.2 Å². The van der Waals surface area contributed by atoms with Crippen molar-refractivity contribution in [1.82, 2.24) is 14.3 Å². The molecule has 2 aromatic carbocycles. The lowest BCUT2D eigenvalue weighted by Crippen LogP contribution is -2.25. The zero-order valence-electron chi connectivity index (χ0n) is 18.7. The molecule has 0 fully saturated rings. The van der Waals surface area contributed by atoms with E-state index in [0.29, 0.717) is 5.56 Å². The minimum absolute atomic E-state index is 0.00932. The van der Waals surface area contributed by atoms with E-state index in [-0.39, 0.29) is 39.2 Å². The van der Waals surface area contributed by atoms with Crippen molar-refractivity contribution in [3.8, 4) is 22.5 Å². The number of rotatable bonds is 6. The third-order valence-electron chi connectivity index (χ3n) is 5.57. The van der Waals surface area contributed by atoms with Gasteiger partial charge in [-0.1, -0.05) is 59.6 Å². The van der Waals surface area contributed by atoms with Crippen LogP contribution in [0.1, 0.15) is 28.7 Å². The number of pyridine rings is 1. The largest absolute Gasteiger partial charge is 0.477 e. The van der Waals surface area contributed by atoms with Crippen molar-refractivity contribution in [2.75, 3.05) is 0 Å². The molecule has 36 heavy (non-hydrogen) atoms. The molecule has 0 saturated heterocycles. The summed E-state index contributed by atoms with van der Waals surface area (Å²) in [5.41, 5.74) is -1.35. The Morgan fingerprint density at radius 1 is 1.00 bits per heavy atom. The summed E-state index contributed by atoms with van der Waals surface area (Å²) in [5.74, 6) is -1.48. The van der Waals surface area contributed by atoms with E-state index >= 15 is 0 Å². The average Bonchev–Trinajstić information content (AvgIpc) is 3.25. The summed E-state index contributed by atoms with van der Waals surface area (Å²) in [5, 5.41) is 14.3. The average molecular weight is 536 g/mol. The molecule has 186 valence electrons. The van der Waals surface area contributed by atoms with E-state index in [1.165, 1.54) is 22.8 Å². The number of hydrogen-bond acceptors (Lipinski definition) is 3. The normalized spacial score (nSPS) is 11.6. The van der Waals surface area contributed by atoms with Crippen LogP contribution in [0, 0.1) is 0 Å². The van der Waals surface area contributed by atoms with E-state index in [4.69, 9.17) is 23.2 Å². The predicted octanol–water partition coefficient (Wildman–Crippen LogP) is 6.47. The SMILES string of the molecule is CCn1c(Cn2nc(-c3ccccc3)cc2C(F)(F)F)cc(=O)c(C(=O)O)c1-c1ccc(Cl)c(Cl)c1. The van der Waals surface area contributed by atoms with Crippen LogP contribution in [0.2, 0.25) is 10.0 Å². The van der Waals surface area contributed by atoms with Gasteiger partial charge in [-0.05, 0) is 25.1 Å². The molecule has 0 spiro atoms. The van der Waals surface area contributed by atoms with E-state index in [1.54, 1.807) is 37.3 Å². The third kappa shape index (κ3) is 4.89. The number of carboxylic acids is 1. The van der Waals surface area contributed by atoms with Crippen LogP contribution < -0.4 is 5.43 Å². The number of aromatic nitrogens is 3. The van der Waals surface area contributed by atoms with Crippen LogP contribution in [0.25, 0.3) is 22.5 Å². The van der Waals surface area contributed by atoms with Gasteiger partial charge in [0.25, 0.3) is 0 Å². The van der Waals surface area contributed by atoms with Crippen LogP contribution in [0.5, 0.6) is 0 Å². The van der Waals surface area contributed by atoms with Gasteiger partial charge in [-0.25, -0.2) is 4.79 Å². The van der Waals surface area contributed by atoms with E-state index in [0.717, 1.165) is 16.8 Å². The summed E-state index contributed by atoms with van der Waals surface area (Å²) in [7, 11) is 0. The first kappa shape index (κ1) is 25.5. The second kappa shape index (κ2) is 9.83. The predicted molar refractivity (Wildman–Crippen MR) is 131 cm³/mol. The summed E-state index contributed by atoms with van der Waals surface area (Å²) >= 11 is 12.1. The van der Waals surface area contributed by atoms with Gasteiger partial charge < -0.3 is 9.67 Å². The van der Waals surface area contributed by atoms with Crippen molar-refractivity contribution in [3.05, 3.63) is 97.9 Å². The Bertz CT molecular complexity index is 1510. The number of hydrogen-bond donors (Lipinski definition) is 1. The minimum Gasteiger partial charge on any atom is -0.477 e. The van der Waals surface area contributed by atoms with Crippen molar-refractivity contribution in [2.24, 2.45) is 0 Å². The first-order chi connectivity index (χ1) is 17.0. The molecule has 4 aromatic rings. The highest BCUT2D eigenvalue weighted by atomic mass is 35.5. The Hall–Kier alpha value is -3.56. The quantitative estimate of drug-likeness (QED) is 0.307. The second-order valence-corrected chi connectivity index (χ2v) is 8.65. The fourth-order valence-electron chi connectivity index (χ4n) is 4.01. The van der Waals surface area contributed by atoms with Gasteiger partial charge >= 0.3 is 12.1 Å². The molecule has 11 heteroatoms. The van der Waals surface area contributed by atoms with E-state index in [9.17, 15) is 27.9 Å². The Balaban J connectivity index is 1.94. The van der Waals surface area contributed by atoms with Crippen LogP contribution in [0.15, 0.2) is 65.5 Å². The highest BCUT2D eigenvalue weighted by Gasteiger charge is 2.36. The van der Waals surface area contributed by atoms with Crippen molar-refractivity contribution < 1.29 is 23.1 Å². The maximum Gasteiger partial charge on any atom is 0.433 e. The van der Waals surface area contributed by atoms with Crippen molar-refractivity contribution in [1.29, 1.82) is 0 Å². The van der Waals surface area contributed by atoms with Gasteiger partial charge in [0.05, 0.1) is 28.0 Å². The molecule has 0 atom stereocenters. The van der Waals surface area contributed by atoms with Gasteiger partial charge in [-0.2, -0.15) is 18.3 Å². The lowest BCUT2D eigenvalue weighted by atomic mass is 10.0. The Labute approximate surface area is 213 Å². The third-order valence-corrected chi connectivity index (χ3v) is 6.31. The monoisotopic (exact) mass is 535 g/mol. The molecule has 0 saturated carbocycles. The number of carboxylic acid groups (broad SMARTS) is 1. The number of nitrogens with zero attached hydrogens (tertiary/aromatic N) is 3. The standard InChI is InChI=1S/C25H18Cl2F3N3O3/c1-2-32-16(11-20(34)22(24(35)36)23(32)15-8-9-17(26)18(27)10-15)13-33-21(25(28,29)30)12-19(31-33)14-6-4-3-5-7-14/h3-12H,2,13H2,1H3,(H,35,36). The van der Waals surface area contributed by atoms with Crippen molar-refractivity contribution in [3.63, 3.8) is 0 Å². The van der Waals surface area contributed by atoms with Crippen LogP contribution >= 0.6 is 23.2 Å². The molecule has 0 bridgehead atoms. The number of benzene rings is 2. The van der Waals surface area contributed by atoms with Crippen LogP contribution in [0.4, 0.5) is 13.2 Å². The maximum atomic E-state index is 13.9. The van der Waals surface area contributed by atoms with E-state index in [1.807, 2.05) is 0 Å². The lowest BCUT2D eigenvalue weighted by molar-refractivity contribution is -0.144. The molecule has 0 aliphatic carbocycles. The molecule has 6 nitrogen and oxygen atoms in total. The highest BCUT2D eigenvalue weighted by molar-refractivity contribution is 6.42. The van der Waals surface area contributed by atoms with Gasteiger partial charge in [0.15, 0.2) is 5.43 Å². The van der Waals surface area contributed by atoms with Gasteiger partial charge in [-0.15, -0.1) is 0 Å². The van der Waals surface area contributed by atoms with Gasteiger partial charge in [0, 0.05) is 29.4 Å². The summed E-state index contributed by atoms with van der Waals surface area (Å²) in [6.45, 7) is 1.41. The maximum absolute atomic E-state index is 13.9. The molecular formula is C25H18Cl2F3N3O3. The second-order valence-electron chi connectivity index (χ2n) is 7.84. The molecular weight excluding hydrogens is 518 g/mol. The zero-order valence-corrected chi connectivity index (χ0v) is 20.2. The minimum atomic E-state index is -4.72. The Morgan fingerprint density at radius 3 is 2.28 bits per heavy atom. The summed E-state index contributed by atoms with van der Waals surface area (Å²) < 4.78 is 43.9. The molecule has 0 aliphatic heterocycles. The van der Waals surface area contributed by atoms with E-state index in [2.05, 4.69) is 5.10 Å². The topological polar surface area (TPSA) is 77.1 Å². The van der Waals surface area contributed by atoms with Crippen LogP contribution in [-0.4, -0.2) is 25.4 Å². The lowest BCUT2D eigenvalue weighted by Gasteiger charge is -2.21. The smallest absolute Gasteiger partial charge is 0.433 e. The Morgan fingerprint density at radius 2 is 1.69 bits per heavy atom. The summed E-state index contributed by atoms with van der Waals surface area (Å²) in [6, 6.07) is 14.7. The van der Waals surface area contributed by atoms with Gasteiger partial charge in [0.2, 0.25) is 0 Å². The molecule has 4 rings (SSSR count). The summed E-state index contributed by atoms with van der Waals surface area (Å²) in [6.07, 6.45) is -4.72. The molecule has 0 radical (unpaired) electrons. The highest BCUT2D eigenvalue weighted by Crippen LogP contribution is 2.34. The van der Waals surface area contributed by atoms with E-state index < -0.39 is 35.4 Å². The van der Waals surface area contributed by atoms with Crippen LogP contribution in [-0.2, 0) is 19.3 Å². The fourth-order valence-corrected chi connectivity index (χ4v) is 4.31. The number of alkyl halides is 3. The number of aromatic carboxylic acids is 1. The number of carbonyl (C=O) groups is 1. The number of halogens is 5. The molecule has 2 heterocycles. The van der Waals surface area contributed by atoms with Crippen LogP contribution in [0.3, 0.4) is 0 Å². The summed E-state index contributed by atoms with van der Waals surface area (Å²) in [4.78, 5) is 24.9. The first-order valence-electron chi connectivity index (χ1n) is 10.7.